The predicted octanol–water partition coefficient (Wildman–Crippen LogP) is 2.86. The number of nitrogens with zero attached hydrogens (tertiary/aromatic N) is 1. The van der Waals surface area contributed by atoms with Crippen molar-refractivity contribution in [3.8, 4) is 5.75 Å². The number of aliphatic hydroxyl groups excluding tert-OH is 1. The topological polar surface area (TPSA) is 59.4 Å². The van der Waals surface area contributed by atoms with E-state index in [9.17, 15) is 4.79 Å². The highest BCUT2D eigenvalue weighted by Gasteiger charge is 2.05. The quantitative estimate of drug-likeness (QED) is 0.651. The van der Waals surface area contributed by atoms with Gasteiger partial charge in [0, 0.05) is 5.33 Å². The van der Waals surface area contributed by atoms with E-state index in [0.29, 0.717) is 28.8 Å². The number of ether oxygens (including phenoxy) is 1. The molecule has 0 atom stereocenters. The van der Waals surface area contributed by atoms with Crippen molar-refractivity contribution in [2.75, 3.05) is 0 Å². The highest BCUT2D eigenvalue weighted by molar-refractivity contribution is 9.08. The van der Waals surface area contributed by atoms with Gasteiger partial charge >= 0.3 is 0 Å². The summed E-state index contributed by atoms with van der Waals surface area (Å²) in [6, 6.07) is 10.7. The van der Waals surface area contributed by atoms with E-state index in [1.807, 2.05) is 18.2 Å². The van der Waals surface area contributed by atoms with Crippen LogP contribution < -0.4 is 4.74 Å². The van der Waals surface area contributed by atoms with Crippen molar-refractivity contribution in [1.82, 2.24) is 4.98 Å². The number of rotatable bonds is 6. The number of carbonyl (C=O) groups is 1. The molecule has 1 aromatic carbocycles. The van der Waals surface area contributed by atoms with Crippen molar-refractivity contribution in [1.29, 1.82) is 0 Å². The van der Waals surface area contributed by atoms with Gasteiger partial charge in [-0.05, 0) is 29.8 Å². The van der Waals surface area contributed by atoms with E-state index in [1.165, 1.54) is 0 Å². The molecule has 0 aliphatic carbocycles. The first kappa shape index (κ1) is 14.7. The second-order valence-electron chi connectivity index (χ2n) is 4.19. The zero-order valence-corrected chi connectivity index (χ0v) is 12.3. The van der Waals surface area contributed by atoms with E-state index >= 15 is 0 Å². The van der Waals surface area contributed by atoms with Crippen LogP contribution in [0.5, 0.6) is 5.75 Å². The average Bonchev–Trinajstić information content (AvgIpc) is 2.52. The number of carbonyl (C=O) groups excluding carboxylic acids is 1. The molecule has 104 valence electrons. The molecule has 0 aliphatic heterocycles. The van der Waals surface area contributed by atoms with Gasteiger partial charge in [0.2, 0.25) is 0 Å². The summed E-state index contributed by atoms with van der Waals surface area (Å²) in [5, 5.41) is 9.73. The second kappa shape index (κ2) is 7.17. The number of aromatic nitrogens is 1. The number of hydrogen-bond acceptors (Lipinski definition) is 4. The lowest BCUT2D eigenvalue weighted by molar-refractivity contribution is 0.111. The van der Waals surface area contributed by atoms with Crippen molar-refractivity contribution in [2.45, 2.75) is 18.5 Å². The van der Waals surface area contributed by atoms with Crippen LogP contribution in [0.4, 0.5) is 0 Å². The van der Waals surface area contributed by atoms with Crippen LogP contribution in [0.2, 0.25) is 0 Å². The highest BCUT2D eigenvalue weighted by atomic mass is 79.9. The summed E-state index contributed by atoms with van der Waals surface area (Å²) in [5.74, 6) is 0.489. The molecule has 1 aromatic heterocycles. The van der Waals surface area contributed by atoms with Crippen molar-refractivity contribution >= 4 is 22.2 Å². The van der Waals surface area contributed by atoms with E-state index in [-0.39, 0.29) is 6.61 Å². The first-order valence-corrected chi connectivity index (χ1v) is 7.21. The van der Waals surface area contributed by atoms with Gasteiger partial charge in [-0.2, -0.15) is 0 Å². The maximum Gasteiger partial charge on any atom is 0.153 e. The lowest BCUT2D eigenvalue weighted by Gasteiger charge is -2.09. The number of halogens is 1. The molecule has 1 heterocycles. The Morgan fingerprint density at radius 2 is 2.05 bits per heavy atom. The first-order chi connectivity index (χ1) is 9.76. The van der Waals surface area contributed by atoms with Crippen LogP contribution in [0.1, 0.15) is 27.3 Å². The molecule has 20 heavy (non-hydrogen) atoms. The standard InChI is InChI=1S/C15H14BrNO3/c16-7-13-2-1-3-14(17-13)10-20-15-5-4-11(8-18)6-12(15)9-19/h1-6,9,18H,7-8,10H2. The maximum absolute atomic E-state index is 11.0. The number of aliphatic hydroxyl groups is 1. The number of alkyl halides is 1. The molecular weight excluding hydrogens is 322 g/mol. The Bertz CT molecular complexity index is 601. The molecule has 0 saturated carbocycles. The molecule has 0 aliphatic rings. The molecule has 1 N–H and O–H groups in total. The van der Waals surface area contributed by atoms with Gasteiger partial charge in [0.15, 0.2) is 6.29 Å². The Morgan fingerprint density at radius 3 is 2.75 bits per heavy atom. The third-order valence-electron chi connectivity index (χ3n) is 2.76. The normalized spacial score (nSPS) is 10.3. The van der Waals surface area contributed by atoms with Crippen molar-refractivity contribution < 1.29 is 14.6 Å². The third kappa shape index (κ3) is 3.65. The lowest BCUT2D eigenvalue weighted by atomic mass is 10.1. The van der Waals surface area contributed by atoms with Gasteiger partial charge < -0.3 is 9.84 Å². The fourth-order valence-corrected chi connectivity index (χ4v) is 2.07. The number of benzene rings is 1. The smallest absolute Gasteiger partial charge is 0.153 e. The van der Waals surface area contributed by atoms with E-state index < -0.39 is 0 Å². The van der Waals surface area contributed by atoms with Gasteiger partial charge in [0.25, 0.3) is 0 Å². The zero-order chi connectivity index (χ0) is 14.4. The Balaban J connectivity index is 2.11. The SMILES string of the molecule is O=Cc1cc(CO)ccc1OCc1cccc(CBr)n1. The minimum Gasteiger partial charge on any atom is -0.487 e. The highest BCUT2D eigenvalue weighted by Crippen LogP contribution is 2.20. The monoisotopic (exact) mass is 335 g/mol. The molecule has 4 nitrogen and oxygen atoms in total. The van der Waals surface area contributed by atoms with Crippen LogP contribution in [-0.2, 0) is 18.5 Å². The van der Waals surface area contributed by atoms with Gasteiger partial charge in [-0.3, -0.25) is 9.78 Å². The summed E-state index contributed by atoms with van der Waals surface area (Å²) >= 11 is 3.35. The van der Waals surface area contributed by atoms with E-state index in [4.69, 9.17) is 9.84 Å². The molecule has 0 radical (unpaired) electrons. The Hall–Kier alpha value is -1.72. The molecule has 0 fully saturated rings. The van der Waals surface area contributed by atoms with Crippen molar-refractivity contribution in [2.24, 2.45) is 0 Å². The summed E-state index contributed by atoms with van der Waals surface area (Å²) in [6.07, 6.45) is 0.719. The number of hydrogen-bond donors (Lipinski definition) is 1. The van der Waals surface area contributed by atoms with E-state index in [1.54, 1.807) is 18.2 Å². The summed E-state index contributed by atoms with van der Waals surface area (Å²) in [4.78, 5) is 15.4. The molecule has 2 rings (SSSR count). The Morgan fingerprint density at radius 1 is 1.25 bits per heavy atom. The maximum atomic E-state index is 11.0. The minimum atomic E-state index is -0.101. The van der Waals surface area contributed by atoms with Gasteiger partial charge in [0.1, 0.15) is 12.4 Å². The van der Waals surface area contributed by atoms with Gasteiger partial charge in [-0.25, -0.2) is 0 Å². The summed E-state index contributed by atoms with van der Waals surface area (Å²) < 4.78 is 5.62. The molecule has 0 unspecified atom stereocenters. The molecule has 0 bridgehead atoms. The Labute approximate surface area is 125 Å². The second-order valence-corrected chi connectivity index (χ2v) is 4.75. The summed E-state index contributed by atoms with van der Waals surface area (Å²) in [6.45, 7) is 0.191. The van der Waals surface area contributed by atoms with Crippen LogP contribution in [0.3, 0.4) is 0 Å². The zero-order valence-electron chi connectivity index (χ0n) is 10.8. The first-order valence-electron chi connectivity index (χ1n) is 6.09. The van der Waals surface area contributed by atoms with E-state index in [2.05, 4.69) is 20.9 Å². The van der Waals surface area contributed by atoms with Gasteiger partial charge in [0.05, 0.1) is 23.6 Å². The van der Waals surface area contributed by atoms with Crippen LogP contribution in [0, 0.1) is 0 Å². The van der Waals surface area contributed by atoms with Gasteiger partial charge in [-0.1, -0.05) is 28.1 Å². The van der Waals surface area contributed by atoms with Crippen LogP contribution in [-0.4, -0.2) is 16.4 Å². The average molecular weight is 336 g/mol. The van der Waals surface area contributed by atoms with Crippen LogP contribution >= 0.6 is 15.9 Å². The molecule has 0 amide bonds. The lowest BCUT2D eigenvalue weighted by Crippen LogP contribution is -2.02. The summed E-state index contributed by atoms with van der Waals surface area (Å²) in [7, 11) is 0. The van der Waals surface area contributed by atoms with Crippen molar-refractivity contribution in [3.63, 3.8) is 0 Å². The fraction of sp³-hybridized carbons (Fsp3) is 0.200. The largest absolute Gasteiger partial charge is 0.487 e. The molecule has 5 heteroatoms. The molecule has 0 spiro atoms. The predicted molar refractivity (Wildman–Crippen MR) is 79.0 cm³/mol. The van der Waals surface area contributed by atoms with Crippen LogP contribution in [0.25, 0.3) is 0 Å². The van der Waals surface area contributed by atoms with E-state index in [0.717, 1.165) is 17.7 Å². The number of pyridine rings is 1. The fourth-order valence-electron chi connectivity index (χ4n) is 1.76. The molecule has 2 aromatic rings. The summed E-state index contributed by atoms with van der Waals surface area (Å²) in [5.41, 5.74) is 2.83. The molecular formula is C15H14BrNO3. The third-order valence-corrected chi connectivity index (χ3v) is 3.34. The molecule has 0 saturated heterocycles. The van der Waals surface area contributed by atoms with Crippen molar-refractivity contribution in [3.05, 3.63) is 58.9 Å². The van der Waals surface area contributed by atoms with Gasteiger partial charge in [-0.15, -0.1) is 0 Å². The minimum absolute atomic E-state index is 0.101. The Kier molecular flexibility index (Phi) is 5.26. The number of aldehydes is 1. The van der Waals surface area contributed by atoms with Crippen LogP contribution in [0.15, 0.2) is 36.4 Å².